The lowest BCUT2D eigenvalue weighted by molar-refractivity contribution is -0.130. The predicted molar refractivity (Wildman–Crippen MR) is 46.6 cm³/mol. The van der Waals surface area contributed by atoms with Crippen molar-refractivity contribution in [2.75, 3.05) is 13.1 Å². The Morgan fingerprint density at radius 3 is 2.83 bits per heavy atom. The average Bonchev–Trinajstić information content (AvgIpc) is 2.01. The lowest BCUT2D eigenvalue weighted by atomic mass is 9.98. The van der Waals surface area contributed by atoms with Crippen molar-refractivity contribution >= 4 is 5.91 Å². The Morgan fingerprint density at radius 2 is 2.33 bits per heavy atom. The zero-order valence-corrected chi connectivity index (χ0v) is 7.36. The van der Waals surface area contributed by atoms with Crippen LogP contribution in [0.2, 0.25) is 0 Å². The second-order valence-corrected chi connectivity index (χ2v) is 3.44. The van der Waals surface area contributed by atoms with Gasteiger partial charge in [0.2, 0.25) is 5.91 Å². The Bertz CT molecular complexity index is 181. The number of β-amino-alcohol motifs (C(OH)–C–C–N with tert-alkyl or cyclic N) is 1. The molecule has 0 aromatic rings. The molecule has 68 valence electrons. The first kappa shape index (κ1) is 9.26. The van der Waals surface area contributed by atoms with Crippen LogP contribution >= 0.6 is 0 Å². The topological polar surface area (TPSA) is 40.5 Å². The molecule has 0 aliphatic carbocycles. The fourth-order valence-electron chi connectivity index (χ4n) is 1.63. The number of carbonyl (C=O) groups is 1. The van der Waals surface area contributed by atoms with Crippen LogP contribution in [0.5, 0.6) is 0 Å². The lowest BCUT2D eigenvalue weighted by Crippen LogP contribution is -2.44. The number of carbonyl (C=O) groups excluding carboxylic acids is 1. The molecule has 1 amide bonds. The molecule has 1 N–H and O–H groups in total. The molecule has 1 rings (SSSR count). The maximum Gasteiger partial charge on any atom is 0.246 e. The first-order chi connectivity index (χ1) is 5.63. The van der Waals surface area contributed by atoms with E-state index in [2.05, 4.69) is 6.58 Å². The number of aliphatic hydroxyl groups is 1. The largest absolute Gasteiger partial charge is 0.391 e. The summed E-state index contributed by atoms with van der Waals surface area (Å²) in [5, 5.41) is 9.37. The smallest absolute Gasteiger partial charge is 0.246 e. The SMILES string of the molecule is C=CC(=O)N1C[C@H](C)C[C@H](O)C1. The summed E-state index contributed by atoms with van der Waals surface area (Å²) >= 11 is 0. The van der Waals surface area contributed by atoms with Gasteiger partial charge in [-0.25, -0.2) is 0 Å². The van der Waals surface area contributed by atoms with Crippen LogP contribution in [0.3, 0.4) is 0 Å². The molecule has 0 spiro atoms. The van der Waals surface area contributed by atoms with Crippen molar-refractivity contribution in [1.82, 2.24) is 4.90 Å². The van der Waals surface area contributed by atoms with Gasteiger partial charge in [0.1, 0.15) is 0 Å². The van der Waals surface area contributed by atoms with E-state index in [1.165, 1.54) is 6.08 Å². The fraction of sp³-hybridized carbons (Fsp3) is 0.667. The van der Waals surface area contributed by atoms with Gasteiger partial charge in [0, 0.05) is 13.1 Å². The van der Waals surface area contributed by atoms with Gasteiger partial charge in [-0.3, -0.25) is 4.79 Å². The monoisotopic (exact) mass is 169 g/mol. The standard InChI is InChI=1S/C9H15NO2/c1-3-9(12)10-5-7(2)4-8(11)6-10/h3,7-8,11H,1,4-6H2,2H3/t7-,8+/m1/s1. The third-order valence-corrected chi connectivity index (χ3v) is 2.12. The van der Waals surface area contributed by atoms with Crippen molar-refractivity contribution in [1.29, 1.82) is 0 Å². The zero-order chi connectivity index (χ0) is 9.14. The summed E-state index contributed by atoms with van der Waals surface area (Å²) in [6.45, 7) is 6.64. The number of hydrogen-bond acceptors (Lipinski definition) is 2. The normalized spacial score (nSPS) is 30.0. The highest BCUT2D eigenvalue weighted by Gasteiger charge is 2.24. The molecule has 0 saturated carbocycles. The van der Waals surface area contributed by atoms with Crippen molar-refractivity contribution in [3.63, 3.8) is 0 Å². The van der Waals surface area contributed by atoms with Crippen LogP contribution < -0.4 is 0 Å². The fourth-order valence-corrected chi connectivity index (χ4v) is 1.63. The van der Waals surface area contributed by atoms with Gasteiger partial charge in [-0.15, -0.1) is 0 Å². The zero-order valence-electron chi connectivity index (χ0n) is 7.36. The van der Waals surface area contributed by atoms with Crippen molar-refractivity contribution in [3.8, 4) is 0 Å². The molecular formula is C9H15NO2. The van der Waals surface area contributed by atoms with Crippen molar-refractivity contribution in [2.24, 2.45) is 5.92 Å². The van der Waals surface area contributed by atoms with E-state index in [1.807, 2.05) is 6.92 Å². The molecule has 0 aromatic carbocycles. The molecule has 3 heteroatoms. The molecule has 1 aliphatic rings. The first-order valence-corrected chi connectivity index (χ1v) is 4.23. The van der Waals surface area contributed by atoms with Crippen molar-refractivity contribution in [3.05, 3.63) is 12.7 Å². The molecule has 2 atom stereocenters. The van der Waals surface area contributed by atoms with E-state index in [-0.39, 0.29) is 12.0 Å². The molecule has 0 radical (unpaired) electrons. The minimum Gasteiger partial charge on any atom is -0.391 e. The van der Waals surface area contributed by atoms with Crippen LogP contribution in [0, 0.1) is 5.92 Å². The van der Waals surface area contributed by atoms with E-state index < -0.39 is 0 Å². The van der Waals surface area contributed by atoms with Crippen LogP contribution in [0.1, 0.15) is 13.3 Å². The van der Waals surface area contributed by atoms with Crippen molar-refractivity contribution in [2.45, 2.75) is 19.4 Å². The number of hydrogen-bond donors (Lipinski definition) is 1. The number of nitrogens with zero attached hydrogens (tertiary/aromatic N) is 1. The maximum absolute atomic E-state index is 11.2. The van der Waals surface area contributed by atoms with Crippen molar-refractivity contribution < 1.29 is 9.90 Å². The predicted octanol–water partition coefficient (Wildman–Crippen LogP) is 0.402. The summed E-state index contributed by atoms with van der Waals surface area (Å²) in [4.78, 5) is 12.8. The highest BCUT2D eigenvalue weighted by atomic mass is 16.3. The Morgan fingerprint density at radius 1 is 1.67 bits per heavy atom. The number of likely N-dealkylation sites (tertiary alicyclic amines) is 1. The molecule has 0 aromatic heterocycles. The van der Waals surface area contributed by atoms with Gasteiger partial charge in [0.15, 0.2) is 0 Å². The Hall–Kier alpha value is -0.830. The molecule has 1 fully saturated rings. The first-order valence-electron chi connectivity index (χ1n) is 4.23. The maximum atomic E-state index is 11.2. The van der Waals surface area contributed by atoms with Crippen LogP contribution in [-0.2, 0) is 4.79 Å². The third-order valence-electron chi connectivity index (χ3n) is 2.12. The van der Waals surface area contributed by atoms with Gasteiger partial charge in [-0.1, -0.05) is 13.5 Å². The van der Waals surface area contributed by atoms with Gasteiger partial charge < -0.3 is 10.0 Å². The number of rotatable bonds is 1. The summed E-state index contributed by atoms with van der Waals surface area (Å²) in [6, 6.07) is 0. The summed E-state index contributed by atoms with van der Waals surface area (Å²) < 4.78 is 0. The minimum absolute atomic E-state index is 0.0828. The molecule has 0 bridgehead atoms. The Balaban J connectivity index is 2.54. The van der Waals surface area contributed by atoms with Crippen LogP contribution in [-0.4, -0.2) is 35.1 Å². The van der Waals surface area contributed by atoms with Crippen LogP contribution in [0.4, 0.5) is 0 Å². The summed E-state index contributed by atoms with van der Waals surface area (Å²) in [6.07, 6.45) is 1.73. The quantitative estimate of drug-likeness (QED) is 0.577. The van der Waals surface area contributed by atoms with Gasteiger partial charge in [-0.2, -0.15) is 0 Å². The van der Waals surface area contributed by atoms with Gasteiger partial charge >= 0.3 is 0 Å². The summed E-state index contributed by atoms with van der Waals surface area (Å²) in [5.41, 5.74) is 0. The molecule has 3 nitrogen and oxygen atoms in total. The van der Waals surface area contributed by atoms with Gasteiger partial charge in [0.05, 0.1) is 6.10 Å². The lowest BCUT2D eigenvalue weighted by Gasteiger charge is -2.33. The van der Waals surface area contributed by atoms with E-state index >= 15 is 0 Å². The highest BCUT2D eigenvalue weighted by Crippen LogP contribution is 2.16. The minimum atomic E-state index is -0.363. The van der Waals surface area contributed by atoms with E-state index in [1.54, 1.807) is 4.90 Å². The molecule has 0 unspecified atom stereocenters. The molecule has 12 heavy (non-hydrogen) atoms. The number of piperidine rings is 1. The average molecular weight is 169 g/mol. The summed E-state index contributed by atoms with van der Waals surface area (Å²) in [5.74, 6) is 0.304. The second-order valence-electron chi connectivity index (χ2n) is 3.44. The van der Waals surface area contributed by atoms with E-state index in [9.17, 15) is 9.90 Å². The van der Waals surface area contributed by atoms with E-state index in [4.69, 9.17) is 0 Å². The van der Waals surface area contributed by atoms with Gasteiger partial charge in [-0.05, 0) is 18.4 Å². The molecule has 1 heterocycles. The Labute approximate surface area is 72.7 Å². The number of amides is 1. The van der Waals surface area contributed by atoms with E-state index in [0.717, 1.165) is 13.0 Å². The second kappa shape index (κ2) is 3.72. The van der Waals surface area contributed by atoms with Crippen LogP contribution in [0.15, 0.2) is 12.7 Å². The summed E-state index contributed by atoms with van der Waals surface area (Å²) in [7, 11) is 0. The van der Waals surface area contributed by atoms with E-state index in [0.29, 0.717) is 12.5 Å². The molecular weight excluding hydrogens is 154 g/mol. The van der Waals surface area contributed by atoms with Gasteiger partial charge in [0.25, 0.3) is 0 Å². The highest BCUT2D eigenvalue weighted by molar-refractivity contribution is 5.87. The third kappa shape index (κ3) is 2.08. The molecule has 1 saturated heterocycles. The number of aliphatic hydroxyl groups excluding tert-OH is 1. The molecule has 1 aliphatic heterocycles. The Kier molecular flexibility index (Phi) is 2.87. The van der Waals surface area contributed by atoms with Crippen LogP contribution in [0.25, 0.3) is 0 Å².